The van der Waals surface area contributed by atoms with E-state index in [1.54, 1.807) is 0 Å². The van der Waals surface area contributed by atoms with Crippen molar-refractivity contribution in [2.45, 2.75) is 53.7 Å². The molecule has 3 nitrogen and oxygen atoms in total. The molecule has 0 atom stereocenters. The highest BCUT2D eigenvalue weighted by Crippen LogP contribution is 2.07. The number of benzene rings is 1. The smallest absolute Gasteiger partial charge is 0.407 e. The summed E-state index contributed by atoms with van der Waals surface area (Å²) >= 11 is 0. The minimum Gasteiger partial charge on any atom is -0.444 e. The lowest BCUT2D eigenvalue weighted by Crippen LogP contribution is -2.32. The van der Waals surface area contributed by atoms with E-state index in [1.165, 1.54) is 5.56 Å². The van der Waals surface area contributed by atoms with E-state index >= 15 is 0 Å². The lowest BCUT2D eigenvalue weighted by Gasteiger charge is -2.19. The molecule has 0 aromatic heterocycles. The van der Waals surface area contributed by atoms with E-state index in [9.17, 15) is 4.79 Å². The van der Waals surface area contributed by atoms with Gasteiger partial charge in [-0.1, -0.05) is 43.7 Å². The first-order chi connectivity index (χ1) is 8.37. The largest absolute Gasteiger partial charge is 0.444 e. The lowest BCUT2D eigenvalue weighted by atomic mass is 10.1. The Morgan fingerprint density at radius 2 is 1.94 bits per heavy atom. The van der Waals surface area contributed by atoms with Gasteiger partial charge in [-0.25, -0.2) is 4.79 Å². The molecule has 1 amide bonds. The molecule has 1 aromatic carbocycles. The molecule has 0 heterocycles. The molecule has 1 rings (SSSR count). The number of ether oxygens (including phenoxy) is 1. The summed E-state index contributed by atoms with van der Waals surface area (Å²) in [6.07, 6.45) is -0.381. The third-order valence-electron chi connectivity index (χ3n) is 1.92. The Hall–Kier alpha value is -1.51. The third kappa shape index (κ3) is 7.71. The van der Waals surface area contributed by atoms with Crippen molar-refractivity contribution in [3.63, 3.8) is 0 Å². The summed E-state index contributed by atoms with van der Waals surface area (Å²) in [5.74, 6) is 0. The summed E-state index contributed by atoms with van der Waals surface area (Å²) in [4.78, 5) is 11.4. The summed E-state index contributed by atoms with van der Waals surface area (Å²) in [5, 5.41) is 2.72. The highest BCUT2D eigenvalue weighted by atomic mass is 16.6. The molecule has 1 aromatic rings. The monoisotopic (exact) mass is 253 g/mol. The molecule has 1 N–H and O–H groups in total. The van der Waals surface area contributed by atoms with Gasteiger partial charge in [0.2, 0.25) is 0 Å². The van der Waals surface area contributed by atoms with Crippen LogP contribution in [0.2, 0.25) is 0 Å². The Morgan fingerprint density at radius 3 is 2.44 bits per heavy atom. The van der Waals surface area contributed by atoms with E-state index in [0.717, 1.165) is 5.56 Å². The third-order valence-corrected chi connectivity index (χ3v) is 1.92. The van der Waals surface area contributed by atoms with Crippen molar-refractivity contribution in [2.24, 2.45) is 0 Å². The van der Waals surface area contributed by atoms with Gasteiger partial charge in [0.15, 0.2) is 0 Å². The Labute approximate surface area is 112 Å². The SMILES string of the molecule is CC.Cc1cccc(CNC(=O)OC(C)(C)C)c1.[HH]. The number of nitrogens with one attached hydrogen (secondary N) is 1. The standard InChI is InChI=1S/C13H19NO2.C2H6.H2/c1-10-6-5-7-11(8-10)9-14-12(15)16-13(2,3)4;1-2;/h5-8H,9H2,1-4H3,(H,14,15);1-2H3;1H. The quantitative estimate of drug-likeness (QED) is 0.853. The molecule has 0 aliphatic rings. The van der Waals surface area contributed by atoms with Gasteiger partial charge >= 0.3 is 6.09 Å². The molecule has 0 saturated heterocycles. The van der Waals surface area contributed by atoms with Gasteiger partial charge in [0.05, 0.1) is 0 Å². The fraction of sp³-hybridized carbons (Fsp3) is 0.533. The van der Waals surface area contributed by atoms with Crippen LogP contribution in [0.5, 0.6) is 0 Å². The molecule has 0 spiro atoms. The Bertz CT molecular complexity index is 373. The molecular weight excluding hydrogens is 226 g/mol. The molecule has 0 radical (unpaired) electrons. The number of carbonyl (C=O) groups excluding carboxylic acids is 1. The van der Waals surface area contributed by atoms with E-state index < -0.39 is 5.60 Å². The number of hydrogen-bond donors (Lipinski definition) is 1. The van der Waals surface area contributed by atoms with Crippen molar-refractivity contribution in [3.05, 3.63) is 35.4 Å². The van der Waals surface area contributed by atoms with Crippen LogP contribution in [0.25, 0.3) is 0 Å². The van der Waals surface area contributed by atoms with Crippen LogP contribution in [0.15, 0.2) is 24.3 Å². The van der Waals surface area contributed by atoms with Crippen LogP contribution in [0.3, 0.4) is 0 Å². The minimum absolute atomic E-state index is 0. The number of carbonyl (C=O) groups is 1. The minimum atomic E-state index is -0.448. The zero-order valence-electron chi connectivity index (χ0n) is 12.3. The van der Waals surface area contributed by atoms with Gasteiger partial charge in [-0.2, -0.15) is 0 Å². The molecule has 0 aliphatic heterocycles. The predicted molar refractivity (Wildman–Crippen MR) is 77.7 cm³/mol. The van der Waals surface area contributed by atoms with E-state index in [-0.39, 0.29) is 7.52 Å². The average Bonchev–Trinajstić information content (AvgIpc) is 2.27. The number of aryl methyl sites for hydroxylation is 1. The summed E-state index contributed by atoms with van der Waals surface area (Å²) < 4.78 is 5.14. The first-order valence-electron chi connectivity index (χ1n) is 6.39. The van der Waals surface area contributed by atoms with Gasteiger partial charge < -0.3 is 10.1 Å². The van der Waals surface area contributed by atoms with Gasteiger partial charge in [-0.3, -0.25) is 0 Å². The maximum absolute atomic E-state index is 11.4. The summed E-state index contributed by atoms with van der Waals surface area (Å²) in [5.41, 5.74) is 1.81. The molecule has 104 valence electrons. The second-order valence-corrected chi connectivity index (χ2v) is 4.84. The zero-order chi connectivity index (χ0) is 14.2. The highest BCUT2D eigenvalue weighted by molar-refractivity contribution is 5.67. The van der Waals surface area contributed by atoms with Crippen molar-refractivity contribution < 1.29 is 11.0 Å². The number of hydrogen-bond acceptors (Lipinski definition) is 2. The summed E-state index contributed by atoms with van der Waals surface area (Å²) in [6.45, 7) is 12.1. The van der Waals surface area contributed by atoms with Crippen LogP contribution in [0.1, 0.15) is 47.2 Å². The van der Waals surface area contributed by atoms with Gasteiger partial charge in [0.25, 0.3) is 0 Å². The number of rotatable bonds is 2. The number of amides is 1. The zero-order valence-corrected chi connectivity index (χ0v) is 12.3. The van der Waals surface area contributed by atoms with E-state index in [2.05, 4.69) is 5.32 Å². The first kappa shape index (κ1) is 16.5. The highest BCUT2D eigenvalue weighted by Gasteiger charge is 2.15. The second kappa shape index (κ2) is 7.75. The van der Waals surface area contributed by atoms with Crippen molar-refractivity contribution in [2.75, 3.05) is 0 Å². The van der Waals surface area contributed by atoms with Crippen LogP contribution in [-0.2, 0) is 11.3 Å². The van der Waals surface area contributed by atoms with E-state index in [1.807, 2.05) is 65.8 Å². The van der Waals surface area contributed by atoms with E-state index in [0.29, 0.717) is 6.54 Å². The van der Waals surface area contributed by atoms with Crippen molar-refractivity contribution >= 4 is 6.09 Å². The topological polar surface area (TPSA) is 38.3 Å². The van der Waals surface area contributed by atoms with Crippen LogP contribution < -0.4 is 5.32 Å². The Balaban J connectivity index is 0. The molecule has 0 bridgehead atoms. The van der Waals surface area contributed by atoms with Crippen LogP contribution >= 0.6 is 0 Å². The summed E-state index contributed by atoms with van der Waals surface area (Å²) in [6, 6.07) is 8.01. The summed E-state index contributed by atoms with van der Waals surface area (Å²) in [7, 11) is 0. The molecular formula is C15H27NO2. The van der Waals surface area contributed by atoms with Crippen molar-refractivity contribution in [3.8, 4) is 0 Å². The molecule has 18 heavy (non-hydrogen) atoms. The average molecular weight is 253 g/mol. The molecule has 0 unspecified atom stereocenters. The lowest BCUT2D eigenvalue weighted by molar-refractivity contribution is 0.0523. The van der Waals surface area contributed by atoms with Gasteiger partial charge in [0, 0.05) is 7.97 Å². The normalized spacial score (nSPS) is 10.1. The molecule has 0 aliphatic carbocycles. The Kier molecular flexibility index (Phi) is 7.10. The fourth-order valence-electron chi connectivity index (χ4n) is 1.31. The van der Waals surface area contributed by atoms with Gasteiger partial charge in [0.1, 0.15) is 5.60 Å². The maximum Gasteiger partial charge on any atom is 0.407 e. The van der Waals surface area contributed by atoms with Crippen LogP contribution in [-0.4, -0.2) is 11.7 Å². The van der Waals surface area contributed by atoms with Crippen molar-refractivity contribution in [1.82, 2.24) is 5.32 Å². The van der Waals surface area contributed by atoms with Gasteiger partial charge in [-0.05, 0) is 33.3 Å². The maximum atomic E-state index is 11.4. The first-order valence-corrected chi connectivity index (χ1v) is 6.39. The van der Waals surface area contributed by atoms with Gasteiger partial charge in [-0.15, -0.1) is 0 Å². The van der Waals surface area contributed by atoms with Crippen LogP contribution in [0.4, 0.5) is 4.79 Å². The molecule has 0 saturated carbocycles. The fourth-order valence-corrected chi connectivity index (χ4v) is 1.31. The number of alkyl carbamates (subject to hydrolysis) is 1. The van der Waals surface area contributed by atoms with E-state index in [4.69, 9.17) is 4.74 Å². The Morgan fingerprint density at radius 1 is 1.33 bits per heavy atom. The van der Waals surface area contributed by atoms with Crippen LogP contribution in [0, 0.1) is 6.92 Å². The van der Waals surface area contributed by atoms with Crippen molar-refractivity contribution in [1.29, 1.82) is 0 Å². The predicted octanol–water partition coefficient (Wildman–Crippen LogP) is 4.29. The molecule has 3 heteroatoms. The molecule has 0 fully saturated rings. The second-order valence-electron chi connectivity index (χ2n) is 4.84.